The molecule has 1 N–H and O–H groups in total. The van der Waals surface area contributed by atoms with Gasteiger partial charge >= 0.3 is 0 Å². The number of thiazole rings is 1. The Morgan fingerprint density at radius 1 is 1.27 bits per heavy atom. The first-order valence-corrected chi connectivity index (χ1v) is 9.80. The summed E-state index contributed by atoms with van der Waals surface area (Å²) in [6, 6.07) is 2.57. The number of rotatable bonds is 3. The first-order valence-electron chi connectivity index (χ1n) is 8.98. The maximum atomic E-state index is 13.8. The lowest BCUT2D eigenvalue weighted by Crippen LogP contribution is -2.46. The number of carbonyl (C=O) groups is 1. The van der Waals surface area contributed by atoms with Gasteiger partial charge in [-0.2, -0.15) is 0 Å². The van der Waals surface area contributed by atoms with Crippen LogP contribution in [0.25, 0.3) is 10.2 Å². The maximum absolute atomic E-state index is 13.8. The average Bonchev–Trinajstić information content (AvgIpc) is 3.21. The van der Waals surface area contributed by atoms with E-state index < -0.39 is 11.6 Å². The van der Waals surface area contributed by atoms with Crippen LogP contribution < -0.4 is 5.32 Å². The third-order valence-electron chi connectivity index (χ3n) is 5.35. The number of fused-ring (bicyclic) bond motifs is 1. The Bertz CT molecular complexity index is 827. The van der Waals surface area contributed by atoms with Crippen LogP contribution >= 0.6 is 11.3 Å². The molecule has 2 saturated heterocycles. The second-order valence-electron chi connectivity index (χ2n) is 7.28. The number of halogens is 2. The highest BCUT2D eigenvalue weighted by Crippen LogP contribution is 2.30. The second-order valence-corrected chi connectivity index (χ2v) is 8.31. The molecule has 26 heavy (non-hydrogen) atoms. The number of carbonyl (C=O) groups excluding carboxylic acids is 1. The van der Waals surface area contributed by atoms with Gasteiger partial charge in [0.1, 0.15) is 11.3 Å². The number of hydrogen-bond acceptors (Lipinski definition) is 5. The number of hydrogen-bond donors (Lipinski definition) is 1. The zero-order valence-electron chi connectivity index (χ0n) is 14.7. The number of likely N-dealkylation sites (N-methyl/N-ethyl adjacent to an activating group) is 1. The molecule has 4 rings (SSSR count). The molecule has 2 aliphatic rings. The molecule has 0 saturated carbocycles. The lowest BCUT2D eigenvalue weighted by atomic mass is 9.95. The van der Waals surface area contributed by atoms with Crippen LogP contribution in [-0.4, -0.2) is 60.0 Å². The van der Waals surface area contributed by atoms with E-state index in [1.807, 2.05) is 0 Å². The standard InChI is InChI=1S/C18H22F2N4OS/c1-23-6-4-13(10-23)24-5-2-3-11(9-24)17(25)22-18-21-16-14(20)7-12(19)8-15(16)26-18/h7-8,11,13H,2-6,9-10H2,1H3,(H,21,22,25)/t11-,13+/m0/s1. The van der Waals surface area contributed by atoms with Gasteiger partial charge in [-0.25, -0.2) is 13.8 Å². The zero-order chi connectivity index (χ0) is 18.3. The van der Waals surface area contributed by atoms with Crippen molar-refractivity contribution in [2.45, 2.75) is 25.3 Å². The Balaban J connectivity index is 1.43. The number of piperidine rings is 1. The van der Waals surface area contributed by atoms with Gasteiger partial charge in [0.05, 0.1) is 10.6 Å². The first kappa shape index (κ1) is 17.8. The lowest BCUT2D eigenvalue weighted by molar-refractivity contribution is -0.121. The molecule has 2 fully saturated rings. The molecule has 2 aliphatic heterocycles. The van der Waals surface area contributed by atoms with E-state index in [-0.39, 0.29) is 17.3 Å². The van der Waals surface area contributed by atoms with Crippen molar-refractivity contribution >= 4 is 32.6 Å². The Labute approximate surface area is 155 Å². The van der Waals surface area contributed by atoms with Crippen LogP contribution in [0.4, 0.5) is 13.9 Å². The minimum Gasteiger partial charge on any atom is -0.305 e. The summed E-state index contributed by atoms with van der Waals surface area (Å²) in [5, 5.41) is 3.14. The number of nitrogens with zero attached hydrogens (tertiary/aromatic N) is 3. The summed E-state index contributed by atoms with van der Waals surface area (Å²) in [4.78, 5) is 21.5. The molecule has 2 aromatic rings. The number of likely N-dealkylation sites (tertiary alicyclic amines) is 2. The molecular formula is C18H22F2N4OS. The summed E-state index contributed by atoms with van der Waals surface area (Å²) in [5.74, 6) is -1.52. The van der Waals surface area contributed by atoms with Crippen molar-refractivity contribution in [1.82, 2.24) is 14.8 Å². The van der Waals surface area contributed by atoms with E-state index in [0.717, 1.165) is 62.8 Å². The Kier molecular flexibility index (Phi) is 4.90. The molecule has 2 atom stereocenters. The largest absolute Gasteiger partial charge is 0.305 e. The lowest BCUT2D eigenvalue weighted by Gasteiger charge is -2.36. The van der Waals surface area contributed by atoms with Crippen molar-refractivity contribution in [3.8, 4) is 0 Å². The van der Waals surface area contributed by atoms with Gasteiger partial charge in [-0.3, -0.25) is 9.69 Å². The second kappa shape index (κ2) is 7.17. The molecule has 0 unspecified atom stereocenters. The summed E-state index contributed by atoms with van der Waals surface area (Å²) < 4.78 is 27.5. The number of amides is 1. The van der Waals surface area contributed by atoms with Gasteiger partial charge in [-0.05, 0) is 45.5 Å². The van der Waals surface area contributed by atoms with E-state index in [2.05, 4.69) is 27.1 Å². The maximum Gasteiger partial charge on any atom is 0.230 e. The molecule has 8 heteroatoms. The summed E-state index contributed by atoms with van der Waals surface area (Å²) in [5.41, 5.74) is 0.103. The first-order chi connectivity index (χ1) is 12.5. The van der Waals surface area contributed by atoms with E-state index in [1.165, 1.54) is 6.07 Å². The van der Waals surface area contributed by atoms with Crippen LogP contribution in [0.2, 0.25) is 0 Å². The normalized spacial score (nSPS) is 25.0. The number of benzene rings is 1. The van der Waals surface area contributed by atoms with Crippen molar-refractivity contribution < 1.29 is 13.6 Å². The van der Waals surface area contributed by atoms with E-state index in [1.54, 1.807) is 0 Å². The molecule has 140 valence electrons. The highest BCUT2D eigenvalue weighted by molar-refractivity contribution is 7.22. The topological polar surface area (TPSA) is 48.5 Å². The quantitative estimate of drug-likeness (QED) is 0.890. The third kappa shape index (κ3) is 3.58. The predicted octanol–water partition coefficient (Wildman–Crippen LogP) is 2.93. The molecule has 0 spiro atoms. The van der Waals surface area contributed by atoms with Crippen LogP contribution in [-0.2, 0) is 4.79 Å². The minimum absolute atomic E-state index is 0.0824. The van der Waals surface area contributed by atoms with Gasteiger partial charge in [-0.1, -0.05) is 11.3 Å². The molecular weight excluding hydrogens is 358 g/mol. The van der Waals surface area contributed by atoms with E-state index >= 15 is 0 Å². The molecule has 1 aromatic carbocycles. The van der Waals surface area contributed by atoms with Gasteiger partial charge in [0, 0.05) is 25.2 Å². The highest BCUT2D eigenvalue weighted by Gasteiger charge is 2.32. The SMILES string of the molecule is CN1CC[C@@H](N2CCC[C@H](C(=O)Nc3nc4c(F)cc(F)cc4s3)C2)C1. The predicted molar refractivity (Wildman–Crippen MR) is 98.4 cm³/mol. The van der Waals surface area contributed by atoms with Crippen molar-refractivity contribution in [3.05, 3.63) is 23.8 Å². The monoisotopic (exact) mass is 380 g/mol. The highest BCUT2D eigenvalue weighted by atomic mass is 32.1. The molecule has 1 amide bonds. The van der Waals surface area contributed by atoms with Crippen molar-refractivity contribution in [3.63, 3.8) is 0 Å². The summed E-state index contributed by atoms with van der Waals surface area (Å²) in [7, 11) is 2.13. The van der Waals surface area contributed by atoms with E-state index in [4.69, 9.17) is 0 Å². The van der Waals surface area contributed by atoms with Crippen molar-refractivity contribution in [1.29, 1.82) is 0 Å². The zero-order valence-corrected chi connectivity index (χ0v) is 15.5. The van der Waals surface area contributed by atoms with Gasteiger partial charge in [0.25, 0.3) is 0 Å². The van der Waals surface area contributed by atoms with Crippen molar-refractivity contribution in [2.75, 3.05) is 38.5 Å². The fourth-order valence-corrected chi connectivity index (χ4v) is 4.89. The third-order valence-corrected chi connectivity index (χ3v) is 6.27. The van der Waals surface area contributed by atoms with Crippen molar-refractivity contribution in [2.24, 2.45) is 5.92 Å². The Morgan fingerprint density at radius 3 is 2.88 bits per heavy atom. The fraction of sp³-hybridized carbons (Fsp3) is 0.556. The van der Waals surface area contributed by atoms with Gasteiger partial charge in [0.15, 0.2) is 10.9 Å². The summed E-state index contributed by atoms with van der Waals surface area (Å²) in [6.45, 7) is 3.94. The van der Waals surface area contributed by atoms with Crippen LogP contribution in [0.5, 0.6) is 0 Å². The average molecular weight is 380 g/mol. The molecule has 0 radical (unpaired) electrons. The molecule has 0 aliphatic carbocycles. The van der Waals surface area contributed by atoms with E-state index in [9.17, 15) is 13.6 Å². The van der Waals surface area contributed by atoms with Crippen LogP contribution in [0.1, 0.15) is 19.3 Å². The number of aromatic nitrogens is 1. The Hall–Kier alpha value is -1.64. The number of nitrogens with one attached hydrogen (secondary N) is 1. The smallest absolute Gasteiger partial charge is 0.230 e. The minimum atomic E-state index is -0.703. The van der Waals surface area contributed by atoms with E-state index in [0.29, 0.717) is 15.9 Å². The van der Waals surface area contributed by atoms with Gasteiger partial charge in [0.2, 0.25) is 5.91 Å². The van der Waals surface area contributed by atoms with Crippen LogP contribution in [0, 0.1) is 17.6 Å². The summed E-state index contributed by atoms with van der Waals surface area (Å²) in [6.07, 6.45) is 2.99. The molecule has 0 bridgehead atoms. The van der Waals surface area contributed by atoms with Gasteiger partial charge in [-0.15, -0.1) is 0 Å². The Morgan fingerprint density at radius 2 is 2.12 bits per heavy atom. The number of anilines is 1. The molecule has 1 aromatic heterocycles. The molecule has 5 nitrogen and oxygen atoms in total. The fourth-order valence-electron chi connectivity index (χ4n) is 3.98. The van der Waals surface area contributed by atoms with Crippen LogP contribution in [0.3, 0.4) is 0 Å². The van der Waals surface area contributed by atoms with Gasteiger partial charge < -0.3 is 10.2 Å². The summed E-state index contributed by atoms with van der Waals surface area (Å²) >= 11 is 1.10. The molecule has 3 heterocycles. The van der Waals surface area contributed by atoms with Crippen LogP contribution in [0.15, 0.2) is 12.1 Å².